The predicted molar refractivity (Wildman–Crippen MR) is 112 cm³/mol. The van der Waals surface area contributed by atoms with Crippen molar-refractivity contribution in [2.45, 2.75) is 20.4 Å². The molecule has 3 N–H and O–H groups in total. The first-order valence-corrected chi connectivity index (χ1v) is 9.66. The van der Waals surface area contributed by atoms with Crippen LogP contribution in [0.25, 0.3) is 22.6 Å². The zero-order valence-electron chi connectivity index (χ0n) is 16.6. The highest BCUT2D eigenvalue weighted by atomic mass is 16.2. The van der Waals surface area contributed by atoms with E-state index in [1.807, 2.05) is 44.2 Å². The summed E-state index contributed by atoms with van der Waals surface area (Å²) in [6.45, 7) is 5.40. The molecule has 0 saturated carbocycles. The molecule has 0 radical (unpaired) electrons. The molecule has 1 amide bonds. The SMILES string of the molecule is Cc1c(-c2ccnc(Nc3ccc(-c4nnc[nH]4)cc3)n2)c(C)n2c1C(=O)NCC2. The van der Waals surface area contributed by atoms with Gasteiger partial charge >= 0.3 is 0 Å². The quantitative estimate of drug-likeness (QED) is 0.485. The van der Waals surface area contributed by atoms with Crippen LogP contribution in [0.15, 0.2) is 42.9 Å². The van der Waals surface area contributed by atoms with Crippen LogP contribution < -0.4 is 10.6 Å². The van der Waals surface area contributed by atoms with Gasteiger partial charge in [0.25, 0.3) is 5.91 Å². The summed E-state index contributed by atoms with van der Waals surface area (Å²) < 4.78 is 2.07. The standard InChI is InChI=1S/C21H20N8O/c1-12-17(13(2)29-10-9-22-20(30)18(12)29)16-7-8-23-21(27-16)26-15-5-3-14(4-6-15)19-24-11-25-28-19/h3-8,11H,9-10H2,1-2H3,(H,22,30)(H,23,26,27)(H,24,25,28). The van der Waals surface area contributed by atoms with Gasteiger partial charge in [-0.05, 0) is 49.7 Å². The molecule has 5 rings (SSSR count). The number of carbonyl (C=O) groups excluding carboxylic acids is 1. The number of fused-ring (bicyclic) bond motifs is 1. The summed E-state index contributed by atoms with van der Waals surface area (Å²) in [6, 6.07) is 9.64. The largest absolute Gasteiger partial charge is 0.349 e. The summed E-state index contributed by atoms with van der Waals surface area (Å²) in [6.07, 6.45) is 3.28. The van der Waals surface area contributed by atoms with Crippen molar-refractivity contribution in [3.63, 3.8) is 0 Å². The van der Waals surface area contributed by atoms with E-state index in [9.17, 15) is 4.79 Å². The Bertz CT molecular complexity index is 1220. The van der Waals surface area contributed by atoms with Crippen molar-refractivity contribution in [2.24, 2.45) is 0 Å². The van der Waals surface area contributed by atoms with Gasteiger partial charge in [-0.15, -0.1) is 10.2 Å². The minimum absolute atomic E-state index is 0.0349. The van der Waals surface area contributed by atoms with E-state index in [2.05, 4.69) is 35.4 Å². The topological polar surface area (TPSA) is 113 Å². The molecule has 0 fully saturated rings. The number of nitrogens with zero attached hydrogens (tertiary/aromatic N) is 5. The van der Waals surface area contributed by atoms with Crippen molar-refractivity contribution < 1.29 is 4.79 Å². The fourth-order valence-electron chi connectivity index (χ4n) is 3.95. The zero-order chi connectivity index (χ0) is 20.7. The Morgan fingerprint density at radius 3 is 2.70 bits per heavy atom. The normalized spacial score (nSPS) is 13.1. The molecule has 1 aliphatic heterocycles. The molecule has 0 saturated heterocycles. The molecule has 0 atom stereocenters. The van der Waals surface area contributed by atoms with Gasteiger partial charge in [-0.25, -0.2) is 9.97 Å². The molecule has 3 aromatic heterocycles. The maximum atomic E-state index is 12.3. The van der Waals surface area contributed by atoms with Gasteiger partial charge in [0.1, 0.15) is 12.0 Å². The van der Waals surface area contributed by atoms with Gasteiger partial charge in [-0.2, -0.15) is 0 Å². The predicted octanol–water partition coefficient (Wildman–Crippen LogP) is 2.83. The number of benzene rings is 1. The average molecular weight is 400 g/mol. The lowest BCUT2D eigenvalue weighted by molar-refractivity contribution is 0.0926. The van der Waals surface area contributed by atoms with Crippen LogP contribution in [0.1, 0.15) is 21.7 Å². The van der Waals surface area contributed by atoms with Gasteiger partial charge in [0, 0.05) is 41.8 Å². The fourth-order valence-corrected chi connectivity index (χ4v) is 3.95. The molecule has 1 aliphatic rings. The molecule has 4 aromatic rings. The molecule has 0 aliphatic carbocycles. The number of anilines is 2. The van der Waals surface area contributed by atoms with Gasteiger partial charge in [0.15, 0.2) is 5.82 Å². The van der Waals surface area contributed by atoms with Gasteiger partial charge in [0.2, 0.25) is 5.95 Å². The van der Waals surface area contributed by atoms with E-state index < -0.39 is 0 Å². The zero-order valence-corrected chi connectivity index (χ0v) is 16.6. The highest BCUT2D eigenvalue weighted by Gasteiger charge is 2.26. The van der Waals surface area contributed by atoms with Gasteiger partial charge in [0.05, 0.1) is 5.69 Å². The first-order valence-electron chi connectivity index (χ1n) is 9.66. The number of carbonyl (C=O) groups is 1. The number of nitrogens with one attached hydrogen (secondary N) is 3. The first-order chi connectivity index (χ1) is 14.6. The smallest absolute Gasteiger partial charge is 0.268 e. The van der Waals surface area contributed by atoms with Crippen molar-refractivity contribution in [1.82, 2.24) is 35.0 Å². The molecule has 150 valence electrons. The van der Waals surface area contributed by atoms with E-state index in [0.717, 1.165) is 40.3 Å². The number of H-pyrrole nitrogens is 1. The molecule has 9 nitrogen and oxygen atoms in total. The number of amides is 1. The van der Waals surface area contributed by atoms with Crippen LogP contribution in [-0.4, -0.2) is 42.2 Å². The van der Waals surface area contributed by atoms with Gasteiger partial charge in [-0.1, -0.05) is 0 Å². The van der Waals surface area contributed by atoms with E-state index in [-0.39, 0.29) is 5.91 Å². The van der Waals surface area contributed by atoms with Crippen molar-refractivity contribution in [2.75, 3.05) is 11.9 Å². The molecular formula is C21H20N8O. The lowest BCUT2D eigenvalue weighted by atomic mass is 10.1. The molecule has 9 heteroatoms. The summed E-state index contributed by atoms with van der Waals surface area (Å²) in [4.78, 5) is 24.4. The Balaban J connectivity index is 1.45. The summed E-state index contributed by atoms with van der Waals surface area (Å²) in [5.74, 6) is 1.17. The Hall–Kier alpha value is -4.01. The number of hydrogen-bond donors (Lipinski definition) is 3. The Morgan fingerprint density at radius 1 is 1.13 bits per heavy atom. The third-order valence-electron chi connectivity index (χ3n) is 5.35. The third-order valence-corrected chi connectivity index (χ3v) is 5.35. The Morgan fingerprint density at radius 2 is 1.97 bits per heavy atom. The van der Waals surface area contributed by atoms with Crippen LogP contribution in [0.3, 0.4) is 0 Å². The third kappa shape index (κ3) is 3.00. The van der Waals surface area contributed by atoms with Gasteiger partial charge < -0.3 is 20.2 Å². The van der Waals surface area contributed by atoms with Crippen LogP contribution >= 0.6 is 0 Å². The molecule has 4 heterocycles. The molecule has 0 bridgehead atoms. The van der Waals surface area contributed by atoms with Crippen molar-refractivity contribution in [1.29, 1.82) is 0 Å². The summed E-state index contributed by atoms with van der Waals surface area (Å²) in [5, 5.41) is 14.0. The minimum atomic E-state index is -0.0349. The monoisotopic (exact) mass is 400 g/mol. The van der Waals surface area contributed by atoms with Crippen LogP contribution in [0.5, 0.6) is 0 Å². The van der Waals surface area contributed by atoms with Crippen LogP contribution in [0.2, 0.25) is 0 Å². The summed E-state index contributed by atoms with van der Waals surface area (Å²) >= 11 is 0. The number of aromatic amines is 1. The minimum Gasteiger partial charge on any atom is -0.349 e. The lowest BCUT2D eigenvalue weighted by Crippen LogP contribution is -2.35. The molecule has 1 aromatic carbocycles. The van der Waals surface area contributed by atoms with Crippen molar-refractivity contribution in [3.8, 4) is 22.6 Å². The molecule has 0 unspecified atom stereocenters. The van der Waals surface area contributed by atoms with Crippen molar-refractivity contribution >= 4 is 17.5 Å². The number of hydrogen-bond acceptors (Lipinski definition) is 6. The second kappa shape index (κ2) is 7.11. The van der Waals surface area contributed by atoms with Crippen LogP contribution in [0.4, 0.5) is 11.6 Å². The first kappa shape index (κ1) is 18.0. The van der Waals surface area contributed by atoms with E-state index in [1.165, 1.54) is 0 Å². The van der Waals surface area contributed by atoms with E-state index in [4.69, 9.17) is 4.98 Å². The molecule has 0 spiro atoms. The average Bonchev–Trinajstić information content (AvgIpc) is 3.37. The second-order valence-electron chi connectivity index (χ2n) is 7.15. The highest BCUT2D eigenvalue weighted by Crippen LogP contribution is 2.32. The Labute approximate surface area is 172 Å². The Kier molecular flexibility index (Phi) is 4.27. The van der Waals surface area contributed by atoms with Crippen LogP contribution in [0, 0.1) is 13.8 Å². The van der Waals surface area contributed by atoms with E-state index in [0.29, 0.717) is 24.0 Å². The maximum absolute atomic E-state index is 12.3. The summed E-state index contributed by atoms with van der Waals surface area (Å²) in [7, 11) is 0. The fraction of sp³-hybridized carbons (Fsp3) is 0.190. The number of aromatic nitrogens is 6. The van der Waals surface area contributed by atoms with Crippen LogP contribution in [-0.2, 0) is 6.54 Å². The summed E-state index contributed by atoms with van der Waals surface area (Å²) in [5.41, 5.74) is 6.26. The van der Waals surface area contributed by atoms with E-state index >= 15 is 0 Å². The highest BCUT2D eigenvalue weighted by molar-refractivity contribution is 5.97. The maximum Gasteiger partial charge on any atom is 0.268 e. The second-order valence-corrected chi connectivity index (χ2v) is 7.15. The van der Waals surface area contributed by atoms with Crippen molar-refractivity contribution in [3.05, 3.63) is 59.8 Å². The molecular weight excluding hydrogens is 380 g/mol. The lowest BCUT2D eigenvalue weighted by Gasteiger charge is -2.17. The molecule has 30 heavy (non-hydrogen) atoms. The van der Waals surface area contributed by atoms with Gasteiger partial charge in [-0.3, -0.25) is 4.79 Å². The van der Waals surface area contributed by atoms with E-state index in [1.54, 1.807) is 12.5 Å². The number of rotatable bonds is 4.